The molecule has 0 bridgehead atoms. The highest BCUT2D eigenvalue weighted by atomic mass is 15.2. The zero-order valence-electron chi connectivity index (χ0n) is 34.7. The van der Waals surface area contributed by atoms with Crippen molar-refractivity contribution in [3.05, 3.63) is 238 Å². The number of anilines is 6. The number of fused-ring (bicyclic) bond motifs is 7. The van der Waals surface area contributed by atoms with Gasteiger partial charge in [-0.2, -0.15) is 0 Å². The molecule has 0 N–H and O–H groups in total. The van der Waals surface area contributed by atoms with E-state index in [4.69, 9.17) is 0 Å². The highest BCUT2D eigenvalue weighted by Crippen LogP contribution is 2.63. The minimum Gasteiger partial charge on any atom is -0.310 e. The quantitative estimate of drug-likeness (QED) is 0.176. The van der Waals surface area contributed by atoms with Gasteiger partial charge in [0.05, 0.1) is 28.2 Å². The molecule has 0 saturated carbocycles. The third-order valence-electron chi connectivity index (χ3n) is 13.8. The Bertz CT molecular complexity index is 2740. The van der Waals surface area contributed by atoms with Gasteiger partial charge in [0, 0.05) is 22.2 Å². The molecule has 11 rings (SSSR count). The number of benzene rings is 8. The van der Waals surface area contributed by atoms with Crippen molar-refractivity contribution in [3.8, 4) is 11.1 Å². The molecule has 8 aromatic rings. The molecule has 0 radical (unpaired) electrons. The number of hydrogen-bond donors (Lipinski definition) is 0. The lowest BCUT2D eigenvalue weighted by atomic mass is 9.65. The number of hydrogen-bond acceptors (Lipinski definition) is 2. The lowest BCUT2D eigenvalue weighted by Gasteiger charge is -2.44. The van der Waals surface area contributed by atoms with E-state index >= 15 is 0 Å². The topological polar surface area (TPSA) is 6.48 Å². The predicted octanol–water partition coefficient (Wildman–Crippen LogP) is 14.9. The molecule has 286 valence electrons. The van der Waals surface area contributed by atoms with Crippen LogP contribution in [0.5, 0.6) is 0 Å². The van der Waals surface area contributed by atoms with Crippen LogP contribution in [0.15, 0.2) is 182 Å². The second kappa shape index (κ2) is 12.7. The first kappa shape index (κ1) is 35.5. The molecule has 8 aromatic carbocycles. The summed E-state index contributed by atoms with van der Waals surface area (Å²) < 4.78 is 0. The van der Waals surface area contributed by atoms with Crippen molar-refractivity contribution >= 4 is 34.1 Å². The zero-order chi connectivity index (χ0) is 40.3. The van der Waals surface area contributed by atoms with Crippen molar-refractivity contribution < 1.29 is 0 Å². The minimum absolute atomic E-state index is 0.254. The summed E-state index contributed by atoms with van der Waals surface area (Å²) >= 11 is 0. The summed E-state index contributed by atoms with van der Waals surface area (Å²) in [5, 5.41) is 0. The molecule has 0 atom stereocenters. The van der Waals surface area contributed by atoms with Crippen LogP contribution in [-0.2, 0) is 16.2 Å². The summed E-state index contributed by atoms with van der Waals surface area (Å²) in [4.78, 5) is 5.03. The van der Waals surface area contributed by atoms with Gasteiger partial charge in [-0.1, -0.05) is 160 Å². The van der Waals surface area contributed by atoms with Gasteiger partial charge in [-0.05, 0) is 130 Å². The van der Waals surface area contributed by atoms with E-state index in [0.717, 1.165) is 0 Å². The molecule has 2 heteroatoms. The Balaban J connectivity index is 1.30. The third-order valence-corrected chi connectivity index (χ3v) is 13.8. The second-order valence-electron chi connectivity index (χ2n) is 17.9. The van der Waals surface area contributed by atoms with Crippen LogP contribution in [0.1, 0.15) is 83.3 Å². The van der Waals surface area contributed by atoms with Gasteiger partial charge >= 0.3 is 0 Å². The van der Waals surface area contributed by atoms with Crippen LogP contribution in [-0.4, -0.2) is 0 Å². The maximum Gasteiger partial charge on any atom is 0.0715 e. The van der Waals surface area contributed by atoms with Crippen LogP contribution in [0.2, 0.25) is 0 Å². The molecule has 0 unspecified atom stereocenters. The van der Waals surface area contributed by atoms with Gasteiger partial charge in [0.1, 0.15) is 0 Å². The van der Waals surface area contributed by atoms with Gasteiger partial charge in [0.2, 0.25) is 0 Å². The zero-order valence-corrected chi connectivity index (χ0v) is 34.7. The molecule has 0 spiro atoms. The SMILES string of the molecule is Cc1ccc2c(c1)C(C)(C)c1cc3c(cc1N2c1ccccc1)C(c1ccccc1)(c1ccccc1)c1cc2c(cc1-3)C(C)(C)c1cc(C)ccc1N2c1ccccc1. The lowest BCUT2D eigenvalue weighted by Crippen LogP contribution is -2.33. The molecule has 3 aliphatic rings. The fraction of sp³-hybridized carbons (Fsp3) is 0.158. The maximum atomic E-state index is 2.58. The van der Waals surface area contributed by atoms with Crippen LogP contribution in [0.3, 0.4) is 0 Å². The van der Waals surface area contributed by atoms with Crippen molar-refractivity contribution in [2.24, 2.45) is 0 Å². The third kappa shape index (κ3) is 4.93. The van der Waals surface area contributed by atoms with E-state index in [2.05, 4.69) is 233 Å². The molecule has 0 aromatic heterocycles. The Kier molecular flexibility index (Phi) is 7.63. The van der Waals surface area contributed by atoms with Crippen molar-refractivity contribution in [3.63, 3.8) is 0 Å². The second-order valence-corrected chi connectivity index (χ2v) is 17.9. The van der Waals surface area contributed by atoms with Crippen molar-refractivity contribution in [1.29, 1.82) is 0 Å². The Labute approximate surface area is 349 Å². The van der Waals surface area contributed by atoms with E-state index in [0.29, 0.717) is 0 Å². The minimum atomic E-state index is -0.600. The predicted molar refractivity (Wildman–Crippen MR) is 247 cm³/mol. The molecule has 1 aliphatic carbocycles. The van der Waals surface area contributed by atoms with E-state index in [-0.39, 0.29) is 10.8 Å². The Morgan fingerprint density at radius 3 is 1.03 bits per heavy atom. The summed E-state index contributed by atoms with van der Waals surface area (Å²) in [5.41, 5.74) is 21.9. The number of nitrogens with zero attached hydrogens (tertiary/aromatic N) is 2. The maximum absolute atomic E-state index is 2.58. The Morgan fingerprint density at radius 2 is 0.661 bits per heavy atom. The standard InChI is InChI=1S/C57H48N2/c1-37-27-29-51-47(31-37)55(3,4)49-33-43-44-34-50-54(59(42-25-17-10-18-26-42)52-30-28-38(2)32-48(52)56(50,5)6)36-46(44)57(39-19-11-7-12-20-39,40-21-13-8-14-22-40)45(43)35-53(49)58(51)41-23-15-9-16-24-41/h7-36H,1-6H3. The van der Waals surface area contributed by atoms with E-state index in [1.54, 1.807) is 0 Å². The molecular formula is C57H48N2. The number of para-hydroxylation sites is 2. The summed E-state index contributed by atoms with van der Waals surface area (Å²) in [6, 6.07) is 68.7. The summed E-state index contributed by atoms with van der Waals surface area (Å²) in [6.07, 6.45) is 0. The van der Waals surface area contributed by atoms with Gasteiger partial charge < -0.3 is 9.80 Å². The summed E-state index contributed by atoms with van der Waals surface area (Å²) in [6.45, 7) is 14.1. The van der Waals surface area contributed by atoms with Gasteiger partial charge in [-0.3, -0.25) is 0 Å². The molecule has 59 heavy (non-hydrogen) atoms. The van der Waals surface area contributed by atoms with Gasteiger partial charge in [0.25, 0.3) is 0 Å². The van der Waals surface area contributed by atoms with Crippen LogP contribution in [0.25, 0.3) is 11.1 Å². The van der Waals surface area contributed by atoms with Crippen LogP contribution in [0.4, 0.5) is 34.1 Å². The first-order valence-corrected chi connectivity index (χ1v) is 21.0. The van der Waals surface area contributed by atoms with E-state index in [1.165, 1.54) is 101 Å². The van der Waals surface area contributed by atoms with Gasteiger partial charge in [-0.25, -0.2) is 0 Å². The monoisotopic (exact) mass is 760 g/mol. The first-order valence-electron chi connectivity index (χ1n) is 21.0. The number of aryl methyl sites for hydroxylation is 2. The van der Waals surface area contributed by atoms with Crippen molar-refractivity contribution in [2.45, 2.75) is 57.8 Å². The molecule has 0 saturated heterocycles. The fourth-order valence-electron chi connectivity index (χ4n) is 10.9. The van der Waals surface area contributed by atoms with Gasteiger partial charge in [-0.15, -0.1) is 0 Å². The Hall–Kier alpha value is -6.64. The smallest absolute Gasteiger partial charge is 0.0715 e. The van der Waals surface area contributed by atoms with Crippen LogP contribution in [0, 0.1) is 13.8 Å². The van der Waals surface area contributed by atoms with Crippen molar-refractivity contribution in [1.82, 2.24) is 0 Å². The molecule has 0 amide bonds. The van der Waals surface area contributed by atoms with E-state index < -0.39 is 5.41 Å². The van der Waals surface area contributed by atoms with Crippen molar-refractivity contribution in [2.75, 3.05) is 9.80 Å². The van der Waals surface area contributed by atoms with Gasteiger partial charge in [0.15, 0.2) is 0 Å². The first-order chi connectivity index (χ1) is 28.6. The molecule has 2 aliphatic heterocycles. The molecular weight excluding hydrogens is 713 g/mol. The number of rotatable bonds is 4. The average Bonchev–Trinajstić information content (AvgIpc) is 3.54. The summed E-state index contributed by atoms with van der Waals surface area (Å²) in [5.74, 6) is 0. The summed E-state index contributed by atoms with van der Waals surface area (Å²) in [7, 11) is 0. The Morgan fingerprint density at radius 1 is 0.322 bits per heavy atom. The fourth-order valence-corrected chi connectivity index (χ4v) is 10.9. The highest BCUT2D eigenvalue weighted by Gasteiger charge is 2.50. The molecule has 0 fully saturated rings. The van der Waals surface area contributed by atoms with Crippen LogP contribution < -0.4 is 9.80 Å². The lowest BCUT2D eigenvalue weighted by molar-refractivity contribution is 0.630. The van der Waals surface area contributed by atoms with E-state index in [9.17, 15) is 0 Å². The van der Waals surface area contributed by atoms with E-state index in [1.807, 2.05) is 0 Å². The highest BCUT2D eigenvalue weighted by molar-refractivity contribution is 5.97. The normalized spacial score (nSPS) is 16.0. The largest absolute Gasteiger partial charge is 0.310 e. The molecule has 2 nitrogen and oxygen atoms in total. The average molecular weight is 761 g/mol. The molecule has 2 heterocycles. The van der Waals surface area contributed by atoms with Crippen LogP contribution >= 0.6 is 0 Å².